The van der Waals surface area contributed by atoms with E-state index < -0.39 is 10.0 Å². The highest BCUT2D eigenvalue weighted by Crippen LogP contribution is 2.25. The molecule has 4 N–H and O–H groups in total. The maximum absolute atomic E-state index is 12.0. The molecule has 0 fully saturated rings. The second kappa shape index (κ2) is 6.43. The molecule has 0 bridgehead atoms. The van der Waals surface area contributed by atoms with Crippen LogP contribution in [0, 0.1) is 5.92 Å². The molecule has 0 aliphatic rings. The van der Waals surface area contributed by atoms with Crippen LogP contribution in [0.2, 0.25) is 0 Å². The van der Waals surface area contributed by atoms with Crippen LogP contribution in [0.1, 0.15) is 13.8 Å². The van der Waals surface area contributed by atoms with Gasteiger partial charge in [0, 0.05) is 26.7 Å². The van der Waals surface area contributed by atoms with E-state index in [1.807, 2.05) is 13.8 Å². The van der Waals surface area contributed by atoms with E-state index in [0.29, 0.717) is 11.4 Å². The molecule has 1 rings (SSSR count). The Morgan fingerprint density at radius 3 is 2.40 bits per heavy atom. The largest absolute Gasteiger partial charge is 0.397 e. The molecule has 0 heterocycles. The summed E-state index contributed by atoms with van der Waals surface area (Å²) in [7, 11) is -0.530. The van der Waals surface area contributed by atoms with Crippen LogP contribution in [0.15, 0.2) is 23.1 Å². The molecular formula is C13H23N3O3S. The number of aliphatic hydroxyl groups is 1. The van der Waals surface area contributed by atoms with Gasteiger partial charge in [-0.15, -0.1) is 0 Å². The van der Waals surface area contributed by atoms with E-state index in [9.17, 15) is 8.42 Å². The monoisotopic (exact) mass is 301 g/mol. The van der Waals surface area contributed by atoms with E-state index in [1.54, 1.807) is 6.07 Å². The van der Waals surface area contributed by atoms with Crippen LogP contribution in [0.3, 0.4) is 0 Å². The molecule has 114 valence electrons. The number of nitrogens with one attached hydrogen (secondary N) is 1. The van der Waals surface area contributed by atoms with Gasteiger partial charge >= 0.3 is 0 Å². The lowest BCUT2D eigenvalue weighted by Gasteiger charge is -2.22. The highest BCUT2D eigenvalue weighted by atomic mass is 32.2. The summed E-state index contributed by atoms with van der Waals surface area (Å²) in [5.41, 5.74) is 6.93. The number of anilines is 2. The highest BCUT2D eigenvalue weighted by molar-refractivity contribution is 7.89. The summed E-state index contributed by atoms with van der Waals surface area (Å²) in [5, 5.41) is 12.3. The Bertz CT molecular complexity index is 558. The number of nitrogens with two attached hydrogens (primary N) is 1. The van der Waals surface area contributed by atoms with E-state index in [0.717, 1.165) is 4.31 Å². The van der Waals surface area contributed by atoms with Crippen molar-refractivity contribution in [1.29, 1.82) is 0 Å². The molecule has 20 heavy (non-hydrogen) atoms. The number of rotatable bonds is 6. The molecule has 0 aromatic heterocycles. The first-order valence-corrected chi connectivity index (χ1v) is 7.83. The number of sulfonamides is 1. The van der Waals surface area contributed by atoms with Crippen LogP contribution in [0.5, 0.6) is 0 Å². The SMILES string of the molecule is CC(CO)C(C)Nc1ccc(S(=O)(=O)N(C)C)cc1N. The van der Waals surface area contributed by atoms with Crippen molar-refractivity contribution in [1.82, 2.24) is 4.31 Å². The Kier molecular flexibility index (Phi) is 5.38. The number of nitrogens with zero attached hydrogens (tertiary/aromatic N) is 1. The lowest BCUT2D eigenvalue weighted by atomic mass is 10.0. The van der Waals surface area contributed by atoms with E-state index in [2.05, 4.69) is 5.32 Å². The number of benzene rings is 1. The molecule has 2 unspecified atom stereocenters. The Hall–Kier alpha value is -1.31. The van der Waals surface area contributed by atoms with Crippen LogP contribution in [0.4, 0.5) is 11.4 Å². The summed E-state index contributed by atoms with van der Waals surface area (Å²) in [4.78, 5) is 0.161. The zero-order valence-electron chi connectivity index (χ0n) is 12.3. The molecule has 0 radical (unpaired) electrons. The minimum atomic E-state index is -3.48. The Labute approximate surface area is 120 Å². The van der Waals surface area contributed by atoms with Crippen LogP contribution in [0.25, 0.3) is 0 Å². The van der Waals surface area contributed by atoms with E-state index in [4.69, 9.17) is 10.8 Å². The van der Waals surface area contributed by atoms with Crippen molar-refractivity contribution in [2.75, 3.05) is 31.8 Å². The zero-order chi connectivity index (χ0) is 15.5. The number of aliphatic hydroxyl groups excluding tert-OH is 1. The Balaban J connectivity index is 3.01. The summed E-state index contributed by atoms with van der Waals surface area (Å²) in [5.74, 6) is 0.0691. The maximum Gasteiger partial charge on any atom is 0.242 e. The van der Waals surface area contributed by atoms with E-state index in [-0.39, 0.29) is 23.5 Å². The van der Waals surface area contributed by atoms with Gasteiger partial charge in [0.1, 0.15) is 0 Å². The van der Waals surface area contributed by atoms with Gasteiger partial charge in [-0.1, -0.05) is 6.92 Å². The van der Waals surface area contributed by atoms with Gasteiger partial charge in [-0.3, -0.25) is 0 Å². The molecule has 0 amide bonds. The molecule has 1 aromatic carbocycles. The quantitative estimate of drug-likeness (QED) is 0.680. The molecule has 0 aliphatic heterocycles. The van der Waals surface area contributed by atoms with Crippen LogP contribution in [-0.4, -0.2) is 44.6 Å². The van der Waals surface area contributed by atoms with Gasteiger partial charge in [0.2, 0.25) is 10.0 Å². The van der Waals surface area contributed by atoms with Crippen molar-refractivity contribution < 1.29 is 13.5 Å². The first-order valence-electron chi connectivity index (χ1n) is 6.39. The molecule has 0 aliphatic carbocycles. The fourth-order valence-corrected chi connectivity index (χ4v) is 2.53. The van der Waals surface area contributed by atoms with Crippen LogP contribution in [-0.2, 0) is 10.0 Å². The maximum atomic E-state index is 12.0. The number of nitrogen functional groups attached to an aromatic ring is 1. The minimum Gasteiger partial charge on any atom is -0.397 e. The second-order valence-electron chi connectivity index (χ2n) is 5.13. The average Bonchev–Trinajstić information content (AvgIpc) is 2.39. The fraction of sp³-hybridized carbons (Fsp3) is 0.538. The molecule has 6 nitrogen and oxygen atoms in total. The smallest absolute Gasteiger partial charge is 0.242 e. The summed E-state index contributed by atoms with van der Waals surface area (Å²) in [6.07, 6.45) is 0. The second-order valence-corrected chi connectivity index (χ2v) is 7.28. The molecule has 2 atom stereocenters. The topological polar surface area (TPSA) is 95.7 Å². The zero-order valence-corrected chi connectivity index (χ0v) is 13.1. The van der Waals surface area contributed by atoms with Gasteiger partial charge in [-0.05, 0) is 31.0 Å². The van der Waals surface area contributed by atoms with Gasteiger partial charge < -0.3 is 16.2 Å². The normalized spacial score (nSPS) is 15.1. The molecule has 0 spiro atoms. The minimum absolute atomic E-state index is 0.0265. The molecule has 1 aromatic rings. The third-order valence-corrected chi connectivity index (χ3v) is 5.14. The number of hydrogen-bond acceptors (Lipinski definition) is 5. The summed E-state index contributed by atoms with van der Waals surface area (Å²) >= 11 is 0. The van der Waals surface area contributed by atoms with Crippen LogP contribution >= 0.6 is 0 Å². The van der Waals surface area contributed by atoms with Gasteiger partial charge in [0.05, 0.1) is 16.3 Å². The molecule has 0 saturated heterocycles. The third kappa shape index (κ3) is 3.62. The molecule has 0 saturated carbocycles. The summed E-state index contributed by atoms with van der Waals surface area (Å²) < 4.78 is 25.1. The van der Waals surface area contributed by atoms with Crippen molar-refractivity contribution in [2.24, 2.45) is 5.92 Å². The summed E-state index contributed by atoms with van der Waals surface area (Å²) in [6.45, 7) is 3.92. The molecular weight excluding hydrogens is 278 g/mol. The fourth-order valence-electron chi connectivity index (χ4n) is 1.59. The van der Waals surface area contributed by atoms with Crippen molar-refractivity contribution >= 4 is 21.4 Å². The van der Waals surface area contributed by atoms with Gasteiger partial charge in [-0.25, -0.2) is 12.7 Å². The van der Waals surface area contributed by atoms with Gasteiger partial charge in [0.25, 0.3) is 0 Å². The number of hydrogen-bond donors (Lipinski definition) is 3. The van der Waals surface area contributed by atoms with Crippen molar-refractivity contribution in [3.8, 4) is 0 Å². The lowest BCUT2D eigenvalue weighted by molar-refractivity contribution is 0.226. The first-order chi connectivity index (χ1) is 9.20. The van der Waals surface area contributed by atoms with E-state index >= 15 is 0 Å². The first kappa shape index (κ1) is 16.7. The highest BCUT2D eigenvalue weighted by Gasteiger charge is 2.19. The third-order valence-electron chi connectivity index (χ3n) is 3.33. The average molecular weight is 301 g/mol. The van der Waals surface area contributed by atoms with E-state index in [1.165, 1.54) is 26.2 Å². The van der Waals surface area contributed by atoms with Gasteiger partial charge in [-0.2, -0.15) is 0 Å². The van der Waals surface area contributed by atoms with Crippen LogP contribution < -0.4 is 11.1 Å². The van der Waals surface area contributed by atoms with Crippen molar-refractivity contribution in [3.05, 3.63) is 18.2 Å². The van der Waals surface area contributed by atoms with Crippen molar-refractivity contribution in [3.63, 3.8) is 0 Å². The Morgan fingerprint density at radius 1 is 1.35 bits per heavy atom. The summed E-state index contributed by atoms with van der Waals surface area (Å²) in [6, 6.07) is 4.63. The lowest BCUT2D eigenvalue weighted by Crippen LogP contribution is -2.27. The van der Waals surface area contributed by atoms with Gasteiger partial charge in [0.15, 0.2) is 0 Å². The Morgan fingerprint density at radius 2 is 1.95 bits per heavy atom. The predicted molar refractivity (Wildman–Crippen MR) is 81.1 cm³/mol. The molecule has 7 heteroatoms. The van der Waals surface area contributed by atoms with Crippen molar-refractivity contribution in [2.45, 2.75) is 24.8 Å². The standard InChI is InChI=1S/C13H23N3O3S/c1-9(8-17)10(2)15-13-6-5-11(7-12(13)14)20(18,19)16(3)4/h5-7,9-10,15,17H,8,14H2,1-4H3. The predicted octanol–water partition coefficient (Wildman–Crippen LogP) is 0.948.